The van der Waals surface area contributed by atoms with E-state index in [4.69, 9.17) is 10.5 Å². The van der Waals surface area contributed by atoms with Gasteiger partial charge in [-0.05, 0) is 17.5 Å². The monoisotopic (exact) mass is 277 g/mol. The predicted octanol–water partition coefficient (Wildman–Crippen LogP) is 0.812. The first-order valence-electron chi connectivity index (χ1n) is 6.46. The van der Waals surface area contributed by atoms with Crippen molar-refractivity contribution in [3.63, 3.8) is 0 Å². The highest BCUT2D eigenvalue weighted by atomic mass is 16.5. The summed E-state index contributed by atoms with van der Waals surface area (Å²) in [5, 5.41) is 4.82. The van der Waals surface area contributed by atoms with E-state index in [1.54, 1.807) is 6.07 Å². The number of imide groups is 1. The van der Waals surface area contributed by atoms with Crippen molar-refractivity contribution in [1.82, 2.24) is 10.6 Å². The smallest absolute Gasteiger partial charge is 0.322 e. The first kappa shape index (κ1) is 14.3. The van der Waals surface area contributed by atoms with Crippen LogP contribution in [0.5, 0.6) is 5.75 Å². The zero-order chi connectivity index (χ0) is 14.9. The summed E-state index contributed by atoms with van der Waals surface area (Å²) in [6.07, 6.45) is 0. The van der Waals surface area contributed by atoms with Gasteiger partial charge in [0.05, 0.1) is 7.11 Å². The van der Waals surface area contributed by atoms with Gasteiger partial charge in [-0.3, -0.25) is 10.1 Å². The third kappa shape index (κ3) is 2.12. The van der Waals surface area contributed by atoms with Crippen molar-refractivity contribution in [3.05, 3.63) is 29.3 Å². The van der Waals surface area contributed by atoms with Crippen LogP contribution in [0.3, 0.4) is 0 Å². The van der Waals surface area contributed by atoms with E-state index in [1.165, 1.54) is 7.11 Å². The molecular formula is C14H19N3O3. The van der Waals surface area contributed by atoms with Crippen LogP contribution in [-0.2, 0) is 10.3 Å². The molecule has 0 saturated carbocycles. The Kier molecular flexibility index (Phi) is 3.67. The van der Waals surface area contributed by atoms with Gasteiger partial charge in [-0.15, -0.1) is 0 Å². The molecular weight excluding hydrogens is 258 g/mol. The molecule has 6 heteroatoms. The number of hydrogen-bond acceptors (Lipinski definition) is 4. The van der Waals surface area contributed by atoms with Crippen molar-refractivity contribution in [2.75, 3.05) is 13.7 Å². The van der Waals surface area contributed by atoms with Crippen molar-refractivity contribution >= 4 is 11.9 Å². The lowest BCUT2D eigenvalue weighted by Gasteiger charge is -2.27. The highest BCUT2D eigenvalue weighted by Gasteiger charge is 2.48. The van der Waals surface area contributed by atoms with Gasteiger partial charge >= 0.3 is 6.03 Å². The number of nitrogens with one attached hydrogen (secondary N) is 2. The Morgan fingerprint density at radius 3 is 2.50 bits per heavy atom. The third-order valence-corrected chi connectivity index (χ3v) is 3.60. The number of carbonyl (C=O) groups is 2. The summed E-state index contributed by atoms with van der Waals surface area (Å²) in [6.45, 7) is 4.09. The lowest BCUT2D eigenvalue weighted by atomic mass is 9.87. The van der Waals surface area contributed by atoms with E-state index in [0.717, 1.165) is 5.56 Å². The van der Waals surface area contributed by atoms with E-state index >= 15 is 0 Å². The SMILES string of the molecule is COc1cc(C(C)C)ccc1C1(CN)NC(=O)NC1=O. The third-order valence-electron chi connectivity index (χ3n) is 3.60. The molecule has 6 nitrogen and oxygen atoms in total. The van der Waals surface area contributed by atoms with Crippen LogP contribution in [-0.4, -0.2) is 25.6 Å². The summed E-state index contributed by atoms with van der Waals surface area (Å²) in [7, 11) is 1.53. The quantitative estimate of drug-likeness (QED) is 0.710. The van der Waals surface area contributed by atoms with Crippen molar-refractivity contribution < 1.29 is 14.3 Å². The maximum atomic E-state index is 12.1. The number of methoxy groups -OCH3 is 1. The molecule has 4 N–H and O–H groups in total. The maximum Gasteiger partial charge on any atom is 0.322 e. The Hall–Kier alpha value is -2.08. The Balaban J connectivity index is 2.55. The van der Waals surface area contributed by atoms with Gasteiger partial charge in [-0.1, -0.05) is 26.0 Å². The van der Waals surface area contributed by atoms with Crippen molar-refractivity contribution in [2.45, 2.75) is 25.3 Å². The van der Waals surface area contributed by atoms with Crippen molar-refractivity contribution in [2.24, 2.45) is 5.73 Å². The molecule has 1 heterocycles. The van der Waals surface area contributed by atoms with E-state index in [1.807, 2.05) is 12.1 Å². The largest absolute Gasteiger partial charge is 0.496 e. The molecule has 0 spiro atoms. The van der Waals surface area contributed by atoms with Gasteiger partial charge in [-0.25, -0.2) is 4.79 Å². The molecule has 0 bridgehead atoms. The van der Waals surface area contributed by atoms with Crippen molar-refractivity contribution in [1.29, 1.82) is 0 Å². The lowest BCUT2D eigenvalue weighted by Crippen LogP contribution is -2.50. The van der Waals surface area contributed by atoms with E-state index in [9.17, 15) is 9.59 Å². The summed E-state index contributed by atoms with van der Waals surface area (Å²) in [5.41, 5.74) is 6.13. The normalized spacial score (nSPS) is 21.9. The number of carbonyl (C=O) groups excluding carboxylic acids is 2. The van der Waals surface area contributed by atoms with Gasteiger partial charge in [0.15, 0.2) is 5.54 Å². The van der Waals surface area contributed by atoms with Crippen LogP contribution in [0, 0.1) is 0 Å². The van der Waals surface area contributed by atoms with Crippen LogP contribution in [0.4, 0.5) is 4.79 Å². The second-order valence-corrected chi connectivity index (χ2v) is 5.13. The number of nitrogens with two attached hydrogens (primary N) is 1. The number of urea groups is 1. The van der Waals surface area contributed by atoms with Crippen LogP contribution >= 0.6 is 0 Å². The highest BCUT2D eigenvalue weighted by Crippen LogP contribution is 2.34. The fourth-order valence-electron chi connectivity index (χ4n) is 2.35. The Morgan fingerprint density at radius 1 is 1.35 bits per heavy atom. The van der Waals surface area contributed by atoms with Gasteiger partial charge in [-0.2, -0.15) is 0 Å². The zero-order valence-electron chi connectivity index (χ0n) is 11.8. The van der Waals surface area contributed by atoms with Crippen LogP contribution in [0.15, 0.2) is 18.2 Å². The van der Waals surface area contributed by atoms with Crippen LogP contribution in [0.2, 0.25) is 0 Å². The molecule has 1 aromatic rings. The lowest BCUT2D eigenvalue weighted by molar-refractivity contribution is -0.124. The van der Waals surface area contributed by atoms with Gasteiger partial charge in [0.2, 0.25) is 0 Å². The fourth-order valence-corrected chi connectivity index (χ4v) is 2.35. The maximum absolute atomic E-state index is 12.1. The number of rotatable bonds is 4. The summed E-state index contributed by atoms with van der Waals surface area (Å²) >= 11 is 0. The molecule has 3 amide bonds. The average molecular weight is 277 g/mol. The van der Waals surface area contributed by atoms with Crippen LogP contribution in [0.25, 0.3) is 0 Å². The minimum Gasteiger partial charge on any atom is -0.496 e. The van der Waals surface area contributed by atoms with Crippen LogP contribution in [0.1, 0.15) is 30.9 Å². The van der Waals surface area contributed by atoms with Gasteiger partial charge in [0.25, 0.3) is 5.91 Å². The Labute approximate surface area is 117 Å². The van der Waals surface area contributed by atoms with Gasteiger partial charge in [0.1, 0.15) is 5.75 Å². The molecule has 1 fully saturated rings. The minimum atomic E-state index is -1.27. The molecule has 1 atom stereocenters. The van der Waals surface area contributed by atoms with Gasteiger partial charge in [0, 0.05) is 12.1 Å². The second-order valence-electron chi connectivity index (χ2n) is 5.13. The molecule has 0 aromatic heterocycles. The highest BCUT2D eigenvalue weighted by molar-refractivity contribution is 6.08. The van der Waals surface area contributed by atoms with E-state index in [-0.39, 0.29) is 6.54 Å². The topological polar surface area (TPSA) is 93.4 Å². The fraction of sp³-hybridized carbons (Fsp3) is 0.429. The summed E-state index contributed by atoms with van der Waals surface area (Å²) in [6, 6.07) is 5.02. The van der Waals surface area contributed by atoms with E-state index < -0.39 is 17.5 Å². The standard InChI is InChI=1S/C14H19N3O3/c1-8(2)9-4-5-10(11(6-9)20-3)14(7-15)12(18)16-13(19)17-14/h4-6,8H,7,15H2,1-3H3,(H2,16,17,18,19). The summed E-state index contributed by atoms with van der Waals surface area (Å²) in [5.74, 6) is 0.415. The van der Waals surface area contributed by atoms with Gasteiger partial charge < -0.3 is 15.8 Å². The second kappa shape index (κ2) is 5.13. The Morgan fingerprint density at radius 2 is 2.05 bits per heavy atom. The molecule has 0 aliphatic carbocycles. The molecule has 1 unspecified atom stereocenters. The summed E-state index contributed by atoms with van der Waals surface area (Å²) in [4.78, 5) is 23.5. The molecule has 1 aromatic carbocycles. The first-order valence-corrected chi connectivity index (χ1v) is 6.46. The summed E-state index contributed by atoms with van der Waals surface area (Å²) < 4.78 is 5.37. The predicted molar refractivity (Wildman–Crippen MR) is 74.5 cm³/mol. The average Bonchev–Trinajstić information content (AvgIpc) is 2.73. The minimum absolute atomic E-state index is 0.0397. The molecule has 1 aliphatic rings. The molecule has 1 saturated heterocycles. The molecule has 2 rings (SSSR count). The van der Waals surface area contributed by atoms with E-state index in [0.29, 0.717) is 17.2 Å². The molecule has 1 aliphatic heterocycles. The first-order chi connectivity index (χ1) is 9.44. The van der Waals surface area contributed by atoms with Crippen molar-refractivity contribution in [3.8, 4) is 5.75 Å². The zero-order valence-corrected chi connectivity index (χ0v) is 11.8. The number of ether oxygens (including phenoxy) is 1. The molecule has 20 heavy (non-hydrogen) atoms. The van der Waals surface area contributed by atoms with Crippen LogP contribution < -0.4 is 21.1 Å². The number of amides is 3. The molecule has 0 radical (unpaired) electrons. The number of benzene rings is 1. The van der Waals surface area contributed by atoms with E-state index in [2.05, 4.69) is 24.5 Å². The Bertz CT molecular complexity index is 557. The molecule has 108 valence electrons. The number of hydrogen-bond donors (Lipinski definition) is 3.